The fourth-order valence-electron chi connectivity index (χ4n) is 2.93. The zero-order chi connectivity index (χ0) is 15.6. The van der Waals surface area contributed by atoms with Crippen LogP contribution in [0.25, 0.3) is 10.9 Å². The van der Waals surface area contributed by atoms with Crippen LogP contribution in [0.1, 0.15) is 5.56 Å². The Morgan fingerprint density at radius 2 is 2.00 bits per heavy atom. The molecule has 0 radical (unpaired) electrons. The summed E-state index contributed by atoms with van der Waals surface area (Å²) in [7, 11) is 0. The van der Waals surface area contributed by atoms with Gasteiger partial charge in [-0.2, -0.15) is 0 Å². The highest BCUT2D eigenvalue weighted by Gasteiger charge is 2.19. The average molecular weight is 307 g/mol. The number of hydrogen-bond acceptors (Lipinski definition) is 4. The van der Waals surface area contributed by atoms with Gasteiger partial charge >= 0.3 is 0 Å². The van der Waals surface area contributed by atoms with Gasteiger partial charge < -0.3 is 10.1 Å². The van der Waals surface area contributed by atoms with E-state index in [1.807, 2.05) is 36.4 Å². The van der Waals surface area contributed by atoms with Gasteiger partial charge in [0.25, 0.3) is 5.56 Å². The van der Waals surface area contributed by atoms with Crippen LogP contribution in [0.15, 0.2) is 53.3 Å². The third kappa shape index (κ3) is 2.77. The molecule has 23 heavy (non-hydrogen) atoms. The summed E-state index contributed by atoms with van der Waals surface area (Å²) in [6, 6.07) is 15.4. The smallest absolute Gasteiger partial charge is 0.260 e. The number of H-pyrrole nitrogens is 1. The average Bonchev–Trinajstić information content (AvgIpc) is 2.60. The first-order valence-corrected chi connectivity index (χ1v) is 7.73. The molecule has 2 N–H and O–H groups in total. The molecule has 2 heterocycles. The molecule has 0 aliphatic carbocycles. The van der Waals surface area contributed by atoms with Crippen LogP contribution in [0.4, 0.5) is 5.95 Å². The number of nitrogens with zero attached hydrogens (tertiary/aromatic N) is 1. The van der Waals surface area contributed by atoms with Gasteiger partial charge in [0.1, 0.15) is 5.75 Å². The van der Waals surface area contributed by atoms with E-state index in [4.69, 9.17) is 4.74 Å². The Morgan fingerprint density at radius 1 is 1.17 bits per heavy atom. The van der Waals surface area contributed by atoms with Crippen molar-refractivity contribution in [3.05, 3.63) is 64.4 Å². The Labute approximate surface area is 133 Å². The van der Waals surface area contributed by atoms with Crippen LogP contribution < -0.4 is 15.6 Å². The third-order valence-corrected chi connectivity index (χ3v) is 4.13. The van der Waals surface area contributed by atoms with E-state index in [1.165, 1.54) is 5.56 Å². The Kier molecular flexibility index (Phi) is 3.46. The van der Waals surface area contributed by atoms with Crippen molar-refractivity contribution in [1.82, 2.24) is 9.97 Å². The number of anilines is 1. The normalized spacial score (nSPS) is 16.6. The van der Waals surface area contributed by atoms with Crippen LogP contribution >= 0.6 is 0 Å². The Hall–Kier alpha value is -2.82. The standard InChI is InChI=1S/C18H17N3O2/c22-17-14-6-2-3-7-15(14)20-18(21-17)19-10-12-9-13-5-1-4-8-16(13)23-11-12/h1-8,12H,9-11H2,(H2,19,20,21,22)/t12-/m1/s1. The lowest BCUT2D eigenvalue weighted by Crippen LogP contribution is -2.28. The summed E-state index contributed by atoms with van der Waals surface area (Å²) in [6.07, 6.45) is 0.959. The summed E-state index contributed by atoms with van der Waals surface area (Å²) in [4.78, 5) is 19.3. The molecule has 3 aromatic rings. The highest BCUT2D eigenvalue weighted by Crippen LogP contribution is 2.26. The molecule has 1 aliphatic rings. The molecule has 2 aromatic carbocycles. The maximum Gasteiger partial charge on any atom is 0.260 e. The van der Waals surface area contributed by atoms with E-state index in [9.17, 15) is 4.79 Å². The predicted octanol–water partition coefficient (Wildman–Crippen LogP) is 2.59. The lowest BCUT2D eigenvalue weighted by Gasteiger charge is -2.25. The maximum absolute atomic E-state index is 12.1. The van der Waals surface area contributed by atoms with Gasteiger partial charge in [0, 0.05) is 12.5 Å². The fraction of sp³-hybridized carbons (Fsp3) is 0.222. The summed E-state index contributed by atoms with van der Waals surface area (Å²) in [5, 5.41) is 3.84. The number of ether oxygens (including phenoxy) is 1. The summed E-state index contributed by atoms with van der Waals surface area (Å²) in [6.45, 7) is 1.37. The summed E-state index contributed by atoms with van der Waals surface area (Å²) >= 11 is 0. The number of para-hydroxylation sites is 2. The molecule has 4 rings (SSSR count). The number of hydrogen-bond donors (Lipinski definition) is 2. The van der Waals surface area contributed by atoms with Crippen molar-refractivity contribution in [2.24, 2.45) is 5.92 Å². The minimum atomic E-state index is -0.122. The molecule has 5 heteroatoms. The molecule has 1 aliphatic heterocycles. The quantitative estimate of drug-likeness (QED) is 0.780. The zero-order valence-electron chi connectivity index (χ0n) is 12.6. The molecule has 0 saturated carbocycles. The van der Waals surface area contributed by atoms with Crippen molar-refractivity contribution in [3.63, 3.8) is 0 Å². The Balaban J connectivity index is 1.49. The molecule has 0 fully saturated rings. The van der Waals surface area contributed by atoms with E-state index in [2.05, 4.69) is 21.4 Å². The molecule has 0 bridgehead atoms. The van der Waals surface area contributed by atoms with E-state index in [1.54, 1.807) is 6.07 Å². The molecular formula is C18H17N3O2. The molecule has 5 nitrogen and oxygen atoms in total. The van der Waals surface area contributed by atoms with Crippen LogP contribution in [-0.4, -0.2) is 23.1 Å². The van der Waals surface area contributed by atoms with Crippen LogP contribution in [0.3, 0.4) is 0 Å². The number of nitrogens with one attached hydrogen (secondary N) is 2. The Morgan fingerprint density at radius 3 is 2.96 bits per heavy atom. The van der Waals surface area contributed by atoms with Crippen LogP contribution in [0.5, 0.6) is 5.75 Å². The van der Waals surface area contributed by atoms with E-state index < -0.39 is 0 Å². The number of aromatic nitrogens is 2. The largest absolute Gasteiger partial charge is 0.493 e. The van der Waals surface area contributed by atoms with Gasteiger partial charge in [0.15, 0.2) is 0 Å². The fourth-order valence-corrected chi connectivity index (χ4v) is 2.93. The molecular weight excluding hydrogens is 290 g/mol. The summed E-state index contributed by atoms with van der Waals surface area (Å²) in [5.74, 6) is 1.83. The second kappa shape index (κ2) is 5.76. The van der Waals surface area contributed by atoms with Crippen LogP contribution in [0.2, 0.25) is 0 Å². The topological polar surface area (TPSA) is 67.0 Å². The summed E-state index contributed by atoms with van der Waals surface area (Å²) < 4.78 is 5.79. The molecule has 116 valence electrons. The maximum atomic E-state index is 12.1. The van der Waals surface area contributed by atoms with Crippen LogP contribution in [0, 0.1) is 5.92 Å². The number of aromatic amines is 1. The molecule has 0 unspecified atom stereocenters. The number of benzene rings is 2. The van der Waals surface area contributed by atoms with Crippen molar-refractivity contribution >= 4 is 16.9 Å². The van der Waals surface area contributed by atoms with E-state index in [0.717, 1.165) is 12.2 Å². The van der Waals surface area contributed by atoms with Crippen LogP contribution in [-0.2, 0) is 6.42 Å². The lowest BCUT2D eigenvalue weighted by atomic mass is 9.97. The molecule has 0 spiro atoms. The van der Waals surface area contributed by atoms with E-state index in [0.29, 0.717) is 35.9 Å². The van der Waals surface area contributed by atoms with Gasteiger partial charge in [0.2, 0.25) is 5.95 Å². The monoisotopic (exact) mass is 307 g/mol. The van der Waals surface area contributed by atoms with Crippen molar-refractivity contribution in [2.75, 3.05) is 18.5 Å². The number of fused-ring (bicyclic) bond motifs is 2. The van der Waals surface area contributed by atoms with Gasteiger partial charge in [-0.15, -0.1) is 0 Å². The lowest BCUT2D eigenvalue weighted by molar-refractivity contribution is 0.229. The molecule has 0 saturated heterocycles. The van der Waals surface area contributed by atoms with Crippen molar-refractivity contribution in [3.8, 4) is 5.75 Å². The highest BCUT2D eigenvalue weighted by atomic mass is 16.5. The Bertz CT molecular complexity index is 904. The van der Waals surface area contributed by atoms with Gasteiger partial charge in [-0.3, -0.25) is 9.78 Å². The van der Waals surface area contributed by atoms with E-state index >= 15 is 0 Å². The third-order valence-electron chi connectivity index (χ3n) is 4.13. The van der Waals surface area contributed by atoms with Gasteiger partial charge in [-0.05, 0) is 30.2 Å². The van der Waals surface area contributed by atoms with Crippen molar-refractivity contribution < 1.29 is 4.74 Å². The predicted molar refractivity (Wildman–Crippen MR) is 90.0 cm³/mol. The molecule has 1 atom stereocenters. The minimum Gasteiger partial charge on any atom is -0.493 e. The highest BCUT2D eigenvalue weighted by molar-refractivity contribution is 5.78. The van der Waals surface area contributed by atoms with Crippen molar-refractivity contribution in [1.29, 1.82) is 0 Å². The first kappa shape index (κ1) is 13.8. The summed E-state index contributed by atoms with van der Waals surface area (Å²) in [5.41, 5.74) is 1.80. The minimum absolute atomic E-state index is 0.122. The molecule has 1 aromatic heterocycles. The SMILES string of the molecule is O=c1[nH]c(NC[C@@H]2COc3ccccc3C2)nc2ccccc12. The first-order valence-electron chi connectivity index (χ1n) is 7.73. The van der Waals surface area contributed by atoms with Crippen molar-refractivity contribution in [2.45, 2.75) is 6.42 Å². The second-order valence-corrected chi connectivity index (χ2v) is 5.80. The van der Waals surface area contributed by atoms with Gasteiger partial charge in [0.05, 0.1) is 17.5 Å². The first-order chi connectivity index (χ1) is 11.3. The zero-order valence-corrected chi connectivity index (χ0v) is 12.6. The number of rotatable bonds is 3. The second-order valence-electron chi connectivity index (χ2n) is 5.80. The van der Waals surface area contributed by atoms with E-state index in [-0.39, 0.29) is 5.56 Å². The molecule has 0 amide bonds. The van der Waals surface area contributed by atoms with Gasteiger partial charge in [-0.1, -0.05) is 30.3 Å². The van der Waals surface area contributed by atoms with Gasteiger partial charge in [-0.25, -0.2) is 4.98 Å².